The number of allylic oxidation sites excluding steroid dienone is 2. The molecule has 4 aliphatic carbocycles. The number of carbonyl (C=O) groups is 1. The highest BCUT2D eigenvalue weighted by Gasteiger charge is 2.66. The predicted molar refractivity (Wildman–Crippen MR) is 133 cm³/mol. The van der Waals surface area contributed by atoms with Crippen LogP contribution in [-0.4, -0.2) is 51.1 Å². The van der Waals surface area contributed by atoms with Crippen molar-refractivity contribution in [2.75, 3.05) is 6.61 Å². The molecule has 0 aliphatic heterocycles. The number of hydrogen-bond acceptors (Lipinski definition) is 5. The van der Waals surface area contributed by atoms with Gasteiger partial charge in [-0.05, 0) is 79.6 Å². The average Bonchev–Trinajstić information content (AvgIpc) is 3.01. The molecule has 0 aromatic carbocycles. The number of rotatable bonds is 6. The first-order chi connectivity index (χ1) is 15.9. The Labute approximate surface area is 205 Å². The molecule has 3 fully saturated rings. The number of ketones is 1. The van der Waals surface area contributed by atoms with Crippen molar-refractivity contribution < 1.29 is 25.2 Å². The standard InChI is InChI=1S/C29H46O5/c1-16(2)18(9-11-30)7-6-17(3)21-14-23(33)26-25-22(32)13-19-12-20(31)8-10-28(19,4)27(25)24(34)15-29(21,26)5/h9,13,16-17,20-21,23-27,30-31,33-34H,6-8,10-12,14-15H2,1-5H3/b18-9+/t17-,20+,21?,23-,24-,25?,26?,27?,28+,29-/m1/s1. The van der Waals surface area contributed by atoms with E-state index in [2.05, 4.69) is 34.6 Å². The van der Waals surface area contributed by atoms with Crippen molar-refractivity contribution in [3.63, 3.8) is 0 Å². The van der Waals surface area contributed by atoms with Gasteiger partial charge in [-0.3, -0.25) is 4.79 Å². The summed E-state index contributed by atoms with van der Waals surface area (Å²) in [5, 5.41) is 42.6. The van der Waals surface area contributed by atoms with E-state index in [4.69, 9.17) is 0 Å². The molecule has 3 saturated carbocycles. The fourth-order valence-electron chi connectivity index (χ4n) is 8.82. The van der Waals surface area contributed by atoms with E-state index in [0.717, 1.165) is 24.8 Å². The van der Waals surface area contributed by atoms with Crippen molar-refractivity contribution in [2.45, 2.75) is 97.9 Å². The maximum atomic E-state index is 13.5. The van der Waals surface area contributed by atoms with Crippen molar-refractivity contribution in [1.82, 2.24) is 0 Å². The lowest BCUT2D eigenvalue weighted by Gasteiger charge is -2.59. The summed E-state index contributed by atoms with van der Waals surface area (Å²) in [4.78, 5) is 13.5. The molecule has 0 amide bonds. The second-order valence-corrected chi connectivity index (χ2v) is 12.8. The largest absolute Gasteiger partial charge is 0.393 e. The van der Waals surface area contributed by atoms with Gasteiger partial charge in [0, 0.05) is 17.8 Å². The molecule has 4 unspecified atom stereocenters. The van der Waals surface area contributed by atoms with E-state index in [9.17, 15) is 25.2 Å². The smallest absolute Gasteiger partial charge is 0.159 e. The van der Waals surface area contributed by atoms with E-state index in [1.807, 2.05) is 6.08 Å². The van der Waals surface area contributed by atoms with Crippen molar-refractivity contribution in [1.29, 1.82) is 0 Å². The molecule has 4 aliphatic rings. The number of fused-ring (bicyclic) bond motifs is 5. The van der Waals surface area contributed by atoms with Gasteiger partial charge in [-0.2, -0.15) is 0 Å². The van der Waals surface area contributed by atoms with Crippen LogP contribution in [-0.2, 0) is 4.79 Å². The molecule has 5 heteroatoms. The summed E-state index contributed by atoms with van der Waals surface area (Å²) in [5.41, 5.74) is 1.69. The van der Waals surface area contributed by atoms with Crippen LogP contribution in [0.1, 0.15) is 79.6 Å². The molecular weight excluding hydrogens is 428 g/mol. The molecule has 0 bridgehead atoms. The molecule has 0 saturated heterocycles. The van der Waals surface area contributed by atoms with Gasteiger partial charge in [0.05, 0.1) is 24.9 Å². The summed E-state index contributed by atoms with van der Waals surface area (Å²) in [6.45, 7) is 11.0. The molecule has 10 atom stereocenters. The van der Waals surface area contributed by atoms with Crippen LogP contribution in [0.3, 0.4) is 0 Å². The van der Waals surface area contributed by atoms with E-state index >= 15 is 0 Å². The maximum Gasteiger partial charge on any atom is 0.159 e. The Kier molecular flexibility index (Phi) is 7.25. The highest BCUT2D eigenvalue weighted by molar-refractivity contribution is 5.94. The first kappa shape index (κ1) is 26.1. The van der Waals surface area contributed by atoms with Crippen LogP contribution < -0.4 is 0 Å². The molecule has 5 nitrogen and oxygen atoms in total. The zero-order chi connectivity index (χ0) is 25.0. The van der Waals surface area contributed by atoms with Crippen LogP contribution in [0.4, 0.5) is 0 Å². The van der Waals surface area contributed by atoms with Gasteiger partial charge in [0.2, 0.25) is 0 Å². The van der Waals surface area contributed by atoms with Gasteiger partial charge < -0.3 is 20.4 Å². The third-order valence-corrected chi connectivity index (χ3v) is 10.6. The first-order valence-corrected chi connectivity index (χ1v) is 13.5. The van der Waals surface area contributed by atoms with Gasteiger partial charge in [-0.1, -0.05) is 51.8 Å². The summed E-state index contributed by atoms with van der Waals surface area (Å²) >= 11 is 0. The van der Waals surface area contributed by atoms with Gasteiger partial charge >= 0.3 is 0 Å². The van der Waals surface area contributed by atoms with Gasteiger partial charge in [-0.25, -0.2) is 0 Å². The fraction of sp³-hybridized carbons (Fsp3) is 0.828. The summed E-state index contributed by atoms with van der Waals surface area (Å²) in [7, 11) is 0. The summed E-state index contributed by atoms with van der Waals surface area (Å²) in [6.07, 6.45) is 7.34. The minimum atomic E-state index is -0.584. The van der Waals surface area contributed by atoms with E-state index in [-0.39, 0.29) is 46.9 Å². The Morgan fingerprint density at radius 2 is 1.85 bits per heavy atom. The Bertz CT molecular complexity index is 845. The van der Waals surface area contributed by atoms with Crippen LogP contribution in [0.5, 0.6) is 0 Å². The van der Waals surface area contributed by atoms with Crippen molar-refractivity contribution in [2.24, 2.45) is 46.3 Å². The Hall–Kier alpha value is -1.01. The van der Waals surface area contributed by atoms with Gasteiger partial charge in [0.15, 0.2) is 5.78 Å². The van der Waals surface area contributed by atoms with Crippen LogP contribution in [0, 0.1) is 46.3 Å². The van der Waals surface area contributed by atoms with Crippen LogP contribution >= 0.6 is 0 Å². The summed E-state index contributed by atoms with van der Waals surface area (Å²) in [5.74, 6) is 0.343. The van der Waals surface area contributed by atoms with Crippen molar-refractivity contribution in [3.05, 3.63) is 23.3 Å². The van der Waals surface area contributed by atoms with E-state index < -0.39 is 18.3 Å². The molecule has 0 heterocycles. The Morgan fingerprint density at radius 1 is 1.15 bits per heavy atom. The third kappa shape index (κ3) is 4.15. The van der Waals surface area contributed by atoms with Gasteiger partial charge in [0.1, 0.15) is 0 Å². The van der Waals surface area contributed by atoms with Crippen LogP contribution in [0.25, 0.3) is 0 Å². The Balaban J connectivity index is 1.61. The molecule has 4 N–H and O–H groups in total. The quantitative estimate of drug-likeness (QED) is 0.436. The first-order valence-electron chi connectivity index (χ1n) is 13.5. The molecule has 192 valence electrons. The molecule has 4 rings (SSSR count). The topological polar surface area (TPSA) is 98.0 Å². The fourth-order valence-corrected chi connectivity index (χ4v) is 8.82. The van der Waals surface area contributed by atoms with Crippen molar-refractivity contribution >= 4 is 5.78 Å². The SMILES string of the molecule is CC(C)/C(=C/CO)CC[C@@H](C)C1C[C@@H](O)C2C3C(=O)C=C4C[C@@H](O)CC[C@]4(C)C3[C@H](O)C[C@]12C. The molecule has 0 spiro atoms. The third-order valence-electron chi connectivity index (χ3n) is 10.6. The lowest BCUT2D eigenvalue weighted by molar-refractivity contribution is -0.161. The second kappa shape index (κ2) is 9.46. The molecule has 0 aromatic rings. The van der Waals surface area contributed by atoms with Crippen LogP contribution in [0.15, 0.2) is 23.3 Å². The number of hydrogen-bond donors (Lipinski definition) is 4. The molecule has 0 aromatic heterocycles. The van der Waals surface area contributed by atoms with Gasteiger partial charge in [-0.15, -0.1) is 0 Å². The summed E-state index contributed by atoms with van der Waals surface area (Å²) in [6, 6.07) is 0. The lowest BCUT2D eigenvalue weighted by atomic mass is 9.45. The molecular formula is C29H46O5. The molecule has 0 radical (unpaired) electrons. The highest BCUT2D eigenvalue weighted by atomic mass is 16.3. The normalized spacial score (nSPS) is 45.5. The van der Waals surface area contributed by atoms with Crippen molar-refractivity contribution in [3.8, 4) is 0 Å². The minimum absolute atomic E-state index is 0.0434. The number of carbonyl (C=O) groups excluding carboxylic acids is 1. The zero-order valence-corrected chi connectivity index (χ0v) is 21.7. The minimum Gasteiger partial charge on any atom is -0.393 e. The van der Waals surface area contributed by atoms with Crippen LogP contribution in [0.2, 0.25) is 0 Å². The maximum absolute atomic E-state index is 13.5. The lowest BCUT2D eigenvalue weighted by Crippen LogP contribution is -2.60. The monoisotopic (exact) mass is 474 g/mol. The zero-order valence-electron chi connectivity index (χ0n) is 21.7. The predicted octanol–water partition coefficient (Wildman–Crippen LogP) is 4.04. The van der Waals surface area contributed by atoms with Gasteiger partial charge in [0.25, 0.3) is 0 Å². The number of aliphatic hydroxyl groups is 4. The average molecular weight is 475 g/mol. The Morgan fingerprint density at radius 3 is 2.50 bits per heavy atom. The molecule has 34 heavy (non-hydrogen) atoms. The number of aliphatic hydroxyl groups excluding tert-OH is 4. The van der Waals surface area contributed by atoms with E-state index in [1.165, 1.54) is 5.57 Å². The van der Waals surface area contributed by atoms with E-state index in [1.54, 1.807) is 6.08 Å². The second-order valence-electron chi connectivity index (χ2n) is 12.8. The van der Waals surface area contributed by atoms with E-state index in [0.29, 0.717) is 37.5 Å². The highest BCUT2D eigenvalue weighted by Crippen LogP contribution is 2.66. The summed E-state index contributed by atoms with van der Waals surface area (Å²) < 4.78 is 0.